The van der Waals surface area contributed by atoms with Crippen molar-refractivity contribution >= 4 is 17.6 Å². The summed E-state index contributed by atoms with van der Waals surface area (Å²) in [6, 6.07) is 2.80. The highest BCUT2D eigenvalue weighted by Gasteiger charge is 2.18. The van der Waals surface area contributed by atoms with Crippen LogP contribution in [0.25, 0.3) is 0 Å². The van der Waals surface area contributed by atoms with E-state index in [4.69, 9.17) is 26.2 Å². The van der Waals surface area contributed by atoms with Gasteiger partial charge in [-0.05, 0) is 6.07 Å². The summed E-state index contributed by atoms with van der Waals surface area (Å²) in [5.74, 6) is -0.740. The van der Waals surface area contributed by atoms with Crippen LogP contribution in [0.3, 0.4) is 0 Å². The number of rotatable bonds is 7. The highest BCUT2D eigenvalue weighted by Crippen LogP contribution is 2.35. The molecule has 0 saturated heterocycles. The lowest BCUT2D eigenvalue weighted by molar-refractivity contribution is 0.0692. The molecule has 0 aliphatic rings. The zero-order valence-corrected chi connectivity index (χ0v) is 10.4. The molecule has 0 unspecified atom stereocenters. The number of carboxylic acids is 1. The summed E-state index contributed by atoms with van der Waals surface area (Å²) in [7, 11) is 0. The van der Waals surface area contributed by atoms with Crippen molar-refractivity contribution in [3.8, 4) is 11.5 Å². The molecule has 0 radical (unpaired) electrons. The van der Waals surface area contributed by atoms with Crippen molar-refractivity contribution in [3.63, 3.8) is 0 Å². The lowest BCUT2D eigenvalue weighted by Gasteiger charge is -2.13. The zero-order chi connectivity index (χ0) is 13.5. The molecule has 0 amide bonds. The second-order valence-corrected chi connectivity index (χ2v) is 3.72. The summed E-state index contributed by atoms with van der Waals surface area (Å²) >= 11 is 5.83. The molecule has 18 heavy (non-hydrogen) atoms. The first-order chi connectivity index (χ1) is 8.60. The summed E-state index contributed by atoms with van der Waals surface area (Å²) in [5.41, 5.74) is -0.0524. The van der Waals surface area contributed by atoms with E-state index >= 15 is 0 Å². The molecular formula is C13H13ClO4. The van der Waals surface area contributed by atoms with Crippen LogP contribution < -0.4 is 9.47 Å². The highest BCUT2D eigenvalue weighted by atomic mass is 35.5. The van der Waals surface area contributed by atoms with E-state index in [1.165, 1.54) is 18.2 Å². The van der Waals surface area contributed by atoms with Crippen molar-refractivity contribution in [3.05, 3.63) is 48.0 Å². The number of aromatic carboxylic acids is 1. The van der Waals surface area contributed by atoms with E-state index in [0.717, 1.165) is 0 Å². The fourth-order valence-electron chi connectivity index (χ4n) is 1.27. The Hall–Kier alpha value is -1.94. The molecule has 1 N–H and O–H groups in total. The van der Waals surface area contributed by atoms with Gasteiger partial charge in [0, 0.05) is 11.1 Å². The Morgan fingerprint density at radius 3 is 2.44 bits per heavy atom. The topological polar surface area (TPSA) is 55.8 Å². The second-order valence-electron chi connectivity index (χ2n) is 3.29. The van der Waals surface area contributed by atoms with Gasteiger partial charge in [-0.1, -0.05) is 36.9 Å². The molecule has 0 atom stereocenters. The van der Waals surface area contributed by atoms with Gasteiger partial charge in [-0.15, -0.1) is 0 Å². The van der Waals surface area contributed by atoms with Gasteiger partial charge in [0.2, 0.25) is 0 Å². The number of halogens is 1. The molecule has 1 aromatic carbocycles. The molecule has 0 fully saturated rings. The van der Waals surface area contributed by atoms with Crippen LogP contribution in [0.15, 0.2) is 37.4 Å². The van der Waals surface area contributed by atoms with Gasteiger partial charge in [0.1, 0.15) is 18.8 Å². The zero-order valence-electron chi connectivity index (χ0n) is 9.69. The normalized spacial score (nSPS) is 9.61. The highest BCUT2D eigenvalue weighted by molar-refractivity contribution is 6.31. The first kappa shape index (κ1) is 14.1. The Bertz CT molecular complexity index is 468. The summed E-state index contributed by atoms with van der Waals surface area (Å²) in [5, 5.41) is 9.36. The molecule has 0 aromatic heterocycles. The van der Waals surface area contributed by atoms with E-state index in [2.05, 4.69) is 13.2 Å². The van der Waals surface area contributed by atoms with Crippen LogP contribution in [0.2, 0.25) is 5.02 Å². The van der Waals surface area contributed by atoms with Gasteiger partial charge < -0.3 is 14.6 Å². The fourth-order valence-corrected chi connectivity index (χ4v) is 1.48. The Morgan fingerprint density at radius 2 is 1.89 bits per heavy atom. The summed E-state index contributed by atoms with van der Waals surface area (Å²) in [4.78, 5) is 11.1. The largest absolute Gasteiger partial charge is 0.486 e. The first-order valence-corrected chi connectivity index (χ1v) is 5.52. The molecule has 0 bridgehead atoms. The third kappa shape index (κ3) is 3.53. The predicted molar refractivity (Wildman–Crippen MR) is 69.8 cm³/mol. The van der Waals surface area contributed by atoms with Gasteiger partial charge in [-0.3, -0.25) is 0 Å². The lowest BCUT2D eigenvalue weighted by atomic mass is 10.2. The average Bonchev–Trinajstić information content (AvgIpc) is 2.34. The van der Waals surface area contributed by atoms with Crippen LogP contribution in [-0.2, 0) is 0 Å². The molecule has 5 heteroatoms. The van der Waals surface area contributed by atoms with Crippen LogP contribution >= 0.6 is 11.6 Å². The molecule has 1 rings (SSSR count). The van der Waals surface area contributed by atoms with Gasteiger partial charge in [-0.25, -0.2) is 4.79 Å². The fraction of sp³-hybridized carbons (Fsp3) is 0.154. The van der Waals surface area contributed by atoms with Crippen molar-refractivity contribution < 1.29 is 19.4 Å². The minimum Gasteiger partial charge on any atom is -0.486 e. The lowest BCUT2D eigenvalue weighted by Crippen LogP contribution is -2.06. The van der Waals surface area contributed by atoms with E-state index in [0.29, 0.717) is 0 Å². The Kier molecular flexibility index (Phi) is 5.27. The maximum Gasteiger partial charge on any atom is 0.339 e. The molecule has 96 valence electrons. The van der Waals surface area contributed by atoms with E-state index in [9.17, 15) is 4.79 Å². The van der Waals surface area contributed by atoms with Crippen LogP contribution in [0.1, 0.15) is 10.4 Å². The SMILES string of the molecule is C=CCOc1cc(Cl)cc(C(=O)O)c1OCC=C. The average molecular weight is 269 g/mol. The summed E-state index contributed by atoms with van der Waals surface area (Å²) < 4.78 is 10.6. The van der Waals surface area contributed by atoms with Gasteiger partial charge in [0.25, 0.3) is 0 Å². The van der Waals surface area contributed by atoms with Crippen LogP contribution in [0, 0.1) is 0 Å². The van der Waals surface area contributed by atoms with Crippen LogP contribution in [0.5, 0.6) is 11.5 Å². The maximum absolute atomic E-state index is 11.1. The van der Waals surface area contributed by atoms with Crippen molar-refractivity contribution in [2.75, 3.05) is 13.2 Å². The quantitative estimate of drug-likeness (QED) is 0.772. The van der Waals surface area contributed by atoms with E-state index in [-0.39, 0.29) is 35.3 Å². The Balaban J connectivity index is 3.22. The van der Waals surface area contributed by atoms with Crippen LogP contribution in [-0.4, -0.2) is 24.3 Å². The molecule has 0 heterocycles. The number of carboxylic acid groups (broad SMARTS) is 1. The monoisotopic (exact) mass is 268 g/mol. The predicted octanol–water partition coefficient (Wildman–Crippen LogP) is 3.17. The summed E-state index contributed by atoms with van der Waals surface area (Å²) in [6.07, 6.45) is 3.05. The number of benzene rings is 1. The van der Waals surface area contributed by atoms with Gasteiger partial charge >= 0.3 is 5.97 Å². The van der Waals surface area contributed by atoms with Crippen molar-refractivity contribution in [1.29, 1.82) is 0 Å². The minimum absolute atomic E-state index is 0.0524. The summed E-state index contributed by atoms with van der Waals surface area (Å²) in [6.45, 7) is 7.42. The van der Waals surface area contributed by atoms with Crippen LogP contribution in [0.4, 0.5) is 0 Å². The van der Waals surface area contributed by atoms with Crippen molar-refractivity contribution in [2.24, 2.45) is 0 Å². The number of carbonyl (C=O) groups is 1. The smallest absolute Gasteiger partial charge is 0.339 e. The Morgan fingerprint density at radius 1 is 1.28 bits per heavy atom. The Labute approximate surface area is 110 Å². The van der Waals surface area contributed by atoms with E-state index in [1.54, 1.807) is 6.08 Å². The third-order valence-corrected chi connectivity index (χ3v) is 2.17. The molecule has 4 nitrogen and oxygen atoms in total. The standard InChI is InChI=1S/C13H13ClO4/c1-3-5-17-11-8-9(14)7-10(13(15)16)12(11)18-6-4-2/h3-4,7-8H,1-2,5-6H2,(H,15,16). The molecular weight excluding hydrogens is 256 g/mol. The molecule has 1 aromatic rings. The second kappa shape index (κ2) is 6.71. The van der Waals surface area contributed by atoms with Crippen molar-refractivity contribution in [2.45, 2.75) is 0 Å². The van der Waals surface area contributed by atoms with Gasteiger partial charge in [-0.2, -0.15) is 0 Å². The number of hydrogen-bond donors (Lipinski definition) is 1. The van der Waals surface area contributed by atoms with Crippen molar-refractivity contribution in [1.82, 2.24) is 0 Å². The molecule has 0 aliphatic heterocycles. The third-order valence-electron chi connectivity index (χ3n) is 1.95. The molecule has 0 saturated carbocycles. The van der Waals surface area contributed by atoms with Gasteiger partial charge in [0.15, 0.2) is 11.5 Å². The van der Waals surface area contributed by atoms with E-state index in [1.807, 2.05) is 0 Å². The number of ether oxygens (including phenoxy) is 2. The minimum atomic E-state index is -1.14. The maximum atomic E-state index is 11.1. The number of hydrogen-bond acceptors (Lipinski definition) is 3. The van der Waals surface area contributed by atoms with E-state index < -0.39 is 5.97 Å². The first-order valence-electron chi connectivity index (χ1n) is 5.14. The van der Waals surface area contributed by atoms with Gasteiger partial charge in [0.05, 0.1) is 0 Å². The molecule has 0 aliphatic carbocycles. The molecule has 0 spiro atoms.